The van der Waals surface area contributed by atoms with E-state index < -0.39 is 17.7 Å². The Hall–Kier alpha value is -3.77. The first-order valence-electron chi connectivity index (χ1n) is 11.4. The van der Waals surface area contributed by atoms with Gasteiger partial charge < -0.3 is 14.6 Å². The smallest absolute Gasteiger partial charge is 0.300 e. The summed E-state index contributed by atoms with van der Waals surface area (Å²) in [6.45, 7) is 4.29. The lowest BCUT2D eigenvalue weighted by atomic mass is 9.94. The van der Waals surface area contributed by atoms with Crippen LogP contribution in [0.2, 0.25) is 5.02 Å². The molecule has 6 nitrogen and oxygen atoms in total. The van der Waals surface area contributed by atoms with E-state index in [1.807, 2.05) is 26.0 Å². The molecule has 4 rings (SSSR count). The van der Waals surface area contributed by atoms with Crippen molar-refractivity contribution in [2.75, 3.05) is 18.6 Å². The zero-order valence-electron chi connectivity index (χ0n) is 19.7. The van der Waals surface area contributed by atoms with Gasteiger partial charge >= 0.3 is 0 Å². The molecule has 1 heterocycles. The van der Waals surface area contributed by atoms with Gasteiger partial charge in [-0.1, -0.05) is 48.9 Å². The third-order valence-corrected chi connectivity index (χ3v) is 6.33. The van der Waals surface area contributed by atoms with Gasteiger partial charge in [-0.15, -0.1) is 0 Å². The number of halogens is 1. The van der Waals surface area contributed by atoms with E-state index in [0.717, 1.165) is 12.0 Å². The molecule has 0 spiro atoms. The number of aliphatic hydroxyl groups is 1. The topological polar surface area (TPSA) is 76.1 Å². The van der Waals surface area contributed by atoms with Gasteiger partial charge in [-0.25, -0.2) is 0 Å². The van der Waals surface area contributed by atoms with Crippen molar-refractivity contribution in [3.63, 3.8) is 0 Å². The van der Waals surface area contributed by atoms with Crippen LogP contribution in [0.25, 0.3) is 5.76 Å². The summed E-state index contributed by atoms with van der Waals surface area (Å²) in [6.07, 6.45) is 0.837. The van der Waals surface area contributed by atoms with Gasteiger partial charge in [0.25, 0.3) is 11.7 Å². The molecule has 0 bridgehead atoms. The number of aryl methyl sites for hydroxylation is 1. The lowest BCUT2D eigenvalue weighted by molar-refractivity contribution is -0.132. The maximum absolute atomic E-state index is 13.4. The predicted molar refractivity (Wildman–Crippen MR) is 136 cm³/mol. The summed E-state index contributed by atoms with van der Waals surface area (Å²) >= 11 is 6.41. The van der Waals surface area contributed by atoms with Gasteiger partial charge in [-0.3, -0.25) is 14.5 Å². The summed E-state index contributed by atoms with van der Waals surface area (Å²) in [7, 11) is 1.52. The number of anilines is 1. The molecule has 0 aromatic heterocycles. The van der Waals surface area contributed by atoms with Gasteiger partial charge in [0.05, 0.1) is 30.4 Å². The van der Waals surface area contributed by atoms with Gasteiger partial charge in [-0.05, 0) is 55.3 Å². The number of aliphatic hydroxyl groups excluding tert-OH is 1. The Kier molecular flexibility index (Phi) is 7.12. The second kappa shape index (κ2) is 10.2. The number of nitrogens with zero attached hydrogens (tertiary/aromatic N) is 1. The molecule has 1 aliphatic rings. The standard InChI is InChI=1S/C28H26ClNO5/c1-4-17-10-12-18(13-11-17)30-25(20-8-6-7-9-23(20)34-3)24(27(32)28(30)33)26(31)21-16-19(35-5-2)14-15-22(21)29/h6-16,25,31H,4-5H2,1-3H3/b26-24+. The van der Waals surface area contributed by atoms with Crippen LogP contribution in [0.5, 0.6) is 11.5 Å². The van der Waals surface area contributed by atoms with Gasteiger partial charge in [0.2, 0.25) is 0 Å². The van der Waals surface area contributed by atoms with Crippen LogP contribution in [-0.2, 0) is 16.0 Å². The van der Waals surface area contributed by atoms with Crippen LogP contribution in [0.1, 0.15) is 36.6 Å². The summed E-state index contributed by atoms with van der Waals surface area (Å²) < 4.78 is 11.1. The minimum Gasteiger partial charge on any atom is -0.507 e. The number of benzene rings is 3. The highest BCUT2D eigenvalue weighted by atomic mass is 35.5. The molecule has 3 aromatic rings. The van der Waals surface area contributed by atoms with Gasteiger partial charge in [0, 0.05) is 16.8 Å². The number of carbonyl (C=O) groups is 2. The van der Waals surface area contributed by atoms with Crippen molar-refractivity contribution in [1.29, 1.82) is 0 Å². The van der Waals surface area contributed by atoms with Crippen molar-refractivity contribution in [3.05, 3.63) is 94.0 Å². The molecule has 1 fully saturated rings. The monoisotopic (exact) mass is 491 g/mol. The van der Waals surface area contributed by atoms with Crippen molar-refractivity contribution < 1.29 is 24.2 Å². The first kappa shape index (κ1) is 24.4. The normalized spacial score (nSPS) is 17.0. The van der Waals surface area contributed by atoms with Crippen LogP contribution >= 0.6 is 11.6 Å². The number of carbonyl (C=O) groups excluding carboxylic acids is 2. The summed E-state index contributed by atoms with van der Waals surface area (Å²) in [5.74, 6) is -0.968. The van der Waals surface area contributed by atoms with E-state index in [9.17, 15) is 14.7 Å². The highest BCUT2D eigenvalue weighted by molar-refractivity contribution is 6.52. The summed E-state index contributed by atoms with van der Waals surface area (Å²) in [5.41, 5.74) is 2.32. The predicted octanol–water partition coefficient (Wildman–Crippen LogP) is 5.94. The lowest BCUT2D eigenvalue weighted by Gasteiger charge is -2.27. The van der Waals surface area contributed by atoms with Crippen molar-refractivity contribution >= 4 is 34.7 Å². The van der Waals surface area contributed by atoms with Crippen molar-refractivity contribution in [3.8, 4) is 11.5 Å². The highest BCUT2D eigenvalue weighted by Crippen LogP contribution is 2.45. The zero-order chi connectivity index (χ0) is 25.1. The van der Waals surface area contributed by atoms with E-state index in [4.69, 9.17) is 21.1 Å². The first-order valence-corrected chi connectivity index (χ1v) is 11.7. The molecule has 0 radical (unpaired) electrons. The fraction of sp³-hybridized carbons (Fsp3) is 0.214. The Morgan fingerprint density at radius 3 is 2.40 bits per heavy atom. The molecule has 180 valence electrons. The second-order valence-corrected chi connectivity index (χ2v) is 8.41. The maximum Gasteiger partial charge on any atom is 0.300 e. The van der Waals surface area contributed by atoms with E-state index in [-0.39, 0.29) is 21.9 Å². The fourth-order valence-electron chi connectivity index (χ4n) is 4.27. The summed E-state index contributed by atoms with van der Waals surface area (Å²) in [6, 6.07) is 18.4. The minimum absolute atomic E-state index is 0.0744. The average molecular weight is 492 g/mol. The Morgan fingerprint density at radius 1 is 1.03 bits per heavy atom. The van der Waals surface area contributed by atoms with E-state index >= 15 is 0 Å². The molecule has 1 unspecified atom stereocenters. The molecule has 1 amide bonds. The first-order chi connectivity index (χ1) is 16.9. The molecule has 7 heteroatoms. The molecule has 3 aromatic carbocycles. The number of rotatable bonds is 7. The summed E-state index contributed by atoms with van der Waals surface area (Å²) in [4.78, 5) is 28.2. The number of para-hydroxylation sites is 1. The van der Waals surface area contributed by atoms with Crippen LogP contribution in [0, 0.1) is 0 Å². The van der Waals surface area contributed by atoms with Gasteiger partial charge in [0.1, 0.15) is 17.3 Å². The Bertz CT molecular complexity index is 1300. The SMILES string of the molecule is CCOc1ccc(Cl)c(/C(O)=C2\C(=O)C(=O)N(c3ccc(CC)cc3)C2c2ccccc2OC)c1. The average Bonchev–Trinajstić information content (AvgIpc) is 3.15. The number of methoxy groups -OCH3 is 1. The quantitative estimate of drug-likeness (QED) is 0.251. The lowest BCUT2D eigenvalue weighted by Crippen LogP contribution is -2.29. The molecule has 1 atom stereocenters. The van der Waals surface area contributed by atoms with E-state index in [1.54, 1.807) is 54.6 Å². The van der Waals surface area contributed by atoms with E-state index in [1.165, 1.54) is 12.0 Å². The van der Waals surface area contributed by atoms with Crippen LogP contribution < -0.4 is 14.4 Å². The molecule has 1 N–H and O–H groups in total. The molecular formula is C28H26ClNO5. The fourth-order valence-corrected chi connectivity index (χ4v) is 4.47. The molecule has 35 heavy (non-hydrogen) atoms. The van der Waals surface area contributed by atoms with Crippen LogP contribution in [-0.4, -0.2) is 30.5 Å². The van der Waals surface area contributed by atoms with E-state index in [0.29, 0.717) is 29.4 Å². The second-order valence-electron chi connectivity index (χ2n) is 8.01. The van der Waals surface area contributed by atoms with Gasteiger partial charge in [-0.2, -0.15) is 0 Å². The Labute approximate surface area is 209 Å². The van der Waals surface area contributed by atoms with Gasteiger partial charge in [0.15, 0.2) is 0 Å². The number of hydrogen-bond donors (Lipinski definition) is 1. The van der Waals surface area contributed by atoms with Crippen LogP contribution in [0.4, 0.5) is 5.69 Å². The third kappa shape index (κ3) is 4.49. The van der Waals surface area contributed by atoms with Crippen LogP contribution in [0.3, 0.4) is 0 Å². The Morgan fingerprint density at radius 2 is 1.74 bits per heavy atom. The van der Waals surface area contributed by atoms with Crippen LogP contribution in [0.15, 0.2) is 72.3 Å². The van der Waals surface area contributed by atoms with Crippen molar-refractivity contribution in [2.24, 2.45) is 0 Å². The number of amides is 1. The minimum atomic E-state index is -0.926. The Balaban J connectivity index is 1.97. The van der Waals surface area contributed by atoms with Crippen molar-refractivity contribution in [2.45, 2.75) is 26.3 Å². The van der Waals surface area contributed by atoms with E-state index in [2.05, 4.69) is 0 Å². The molecule has 0 aliphatic carbocycles. The molecule has 1 saturated heterocycles. The number of ether oxygens (including phenoxy) is 2. The van der Waals surface area contributed by atoms with Crippen molar-refractivity contribution in [1.82, 2.24) is 0 Å². The zero-order valence-corrected chi connectivity index (χ0v) is 20.5. The number of Topliss-reactive ketones (excluding diaryl/α,β-unsaturated/α-hetero) is 1. The molecular weight excluding hydrogens is 466 g/mol. The highest BCUT2D eigenvalue weighted by Gasteiger charge is 2.48. The number of ketones is 1. The number of hydrogen-bond acceptors (Lipinski definition) is 5. The molecule has 0 saturated carbocycles. The summed E-state index contributed by atoms with van der Waals surface area (Å²) in [5, 5.41) is 11.6. The largest absolute Gasteiger partial charge is 0.507 e. The third-order valence-electron chi connectivity index (χ3n) is 6.00. The maximum atomic E-state index is 13.4. The molecule has 1 aliphatic heterocycles.